The Morgan fingerprint density at radius 3 is 1.65 bits per heavy atom. The van der Waals surface area contributed by atoms with Gasteiger partial charge in [-0.1, -0.05) is 6.07 Å². The molecule has 0 unspecified atom stereocenters. The third kappa shape index (κ3) is 3.65. The first-order chi connectivity index (χ1) is 7.25. The van der Waals surface area contributed by atoms with Crippen LogP contribution >= 0.6 is 0 Å². The second-order valence-electron chi connectivity index (χ2n) is 2.77. The van der Waals surface area contributed by atoms with E-state index >= 15 is 0 Å². The Hall–Kier alpha value is -0.670. The van der Waals surface area contributed by atoms with Gasteiger partial charge < -0.3 is 13.1 Å². The van der Waals surface area contributed by atoms with E-state index < -0.39 is 38.1 Å². The SMILES string of the molecule is O=C(O)c1cccc(C(=O)O)c1S(=O)(=O)O.[Ca+2].[H-].[H-]. The zero-order valence-electron chi connectivity index (χ0n) is 10.3. The van der Waals surface area contributed by atoms with Crippen LogP contribution in [0.2, 0.25) is 0 Å². The van der Waals surface area contributed by atoms with E-state index in [4.69, 9.17) is 14.8 Å². The van der Waals surface area contributed by atoms with Crippen LogP contribution < -0.4 is 0 Å². The first-order valence-electron chi connectivity index (χ1n) is 3.82. The van der Waals surface area contributed by atoms with Gasteiger partial charge in [0, 0.05) is 0 Å². The van der Waals surface area contributed by atoms with Gasteiger partial charge in [0.05, 0.1) is 11.1 Å². The molecule has 9 heteroatoms. The Balaban J connectivity index is -0.000000853. The van der Waals surface area contributed by atoms with Gasteiger partial charge in [-0.15, -0.1) is 0 Å². The monoisotopic (exact) mass is 288 g/mol. The molecular formula is C8H8CaO7S. The van der Waals surface area contributed by atoms with Crippen molar-refractivity contribution >= 4 is 59.8 Å². The van der Waals surface area contributed by atoms with Crippen LogP contribution in [0.15, 0.2) is 23.1 Å². The maximum atomic E-state index is 10.9. The van der Waals surface area contributed by atoms with Gasteiger partial charge in [0.1, 0.15) is 4.90 Å². The summed E-state index contributed by atoms with van der Waals surface area (Å²) in [6.45, 7) is 0. The summed E-state index contributed by atoms with van der Waals surface area (Å²) < 4.78 is 30.6. The third-order valence-electron chi connectivity index (χ3n) is 1.73. The number of benzene rings is 1. The first kappa shape index (κ1) is 16.3. The Labute approximate surface area is 129 Å². The minimum atomic E-state index is -4.92. The normalized spacial score (nSPS) is 10.4. The van der Waals surface area contributed by atoms with Crippen molar-refractivity contribution in [3.05, 3.63) is 29.3 Å². The van der Waals surface area contributed by atoms with E-state index in [1.54, 1.807) is 0 Å². The molecular weight excluding hydrogens is 280 g/mol. The van der Waals surface area contributed by atoms with Crippen LogP contribution in [0.5, 0.6) is 0 Å². The van der Waals surface area contributed by atoms with Gasteiger partial charge in [0.2, 0.25) is 0 Å². The minimum absolute atomic E-state index is 0. The Bertz CT molecular complexity index is 540. The maximum Gasteiger partial charge on any atom is 2.00 e. The molecule has 0 aliphatic rings. The fourth-order valence-corrected chi connectivity index (χ4v) is 2.02. The molecule has 0 saturated carbocycles. The van der Waals surface area contributed by atoms with Crippen molar-refractivity contribution < 1.29 is 35.6 Å². The van der Waals surface area contributed by atoms with Crippen LogP contribution in [0.4, 0.5) is 0 Å². The van der Waals surface area contributed by atoms with Gasteiger partial charge in [-0.2, -0.15) is 8.42 Å². The van der Waals surface area contributed by atoms with E-state index in [-0.39, 0.29) is 40.6 Å². The minimum Gasteiger partial charge on any atom is -1.00 e. The van der Waals surface area contributed by atoms with Crippen molar-refractivity contribution in [1.29, 1.82) is 0 Å². The quantitative estimate of drug-likeness (QED) is 0.534. The zero-order valence-corrected chi connectivity index (χ0v) is 11.3. The molecule has 0 amide bonds. The number of hydrogen-bond acceptors (Lipinski definition) is 4. The summed E-state index contributed by atoms with van der Waals surface area (Å²) in [5.41, 5.74) is -1.58. The summed E-state index contributed by atoms with van der Waals surface area (Å²) in [5.74, 6) is -3.29. The van der Waals surface area contributed by atoms with E-state index in [0.717, 1.165) is 18.2 Å². The average molecular weight is 288 g/mol. The standard InChI is InChI=1S/C8H6O7S.Ca.2H/c9-7(10)4-2-1-3-5(8(11)12)6(4)16(13,14)15;;;/h1-3H,(H,9,10)(H,11,12)(H,13,14,15);;;/q;+2;2*-1. The second kappa shape index (κ2) is 5.78. The zero-order chi connectivity index (χ0) is 12.5. The summed E-state index contributed by atoms with van der Waals surface area (Å²) in [6.07, 6.45) is 0. The van der Waals surface area contributed by atoms with Gasteiger partial charge in [0.15, 0.2) is 0 Å². The molecule has 0 fully saturated rings. The Kier molecular flexibility index (Phi) is 5.56. The van der Waals surface area contributed by atoms with E-state index in [9.17, 15) is 18.0 Å². The smallest absolute Gasteiger partial charge is 1.00 e. The molecule has 0 atom stereocenters. The van der Waals surface area contributed by atoms with Gasteiger partial charge in [-0.25, -0.2) is 9.59 Å². The summed E-state index contributed by atoms with van der Waals surface area (Å²) in [4.78, 5) is 20.2. The van der Waals surface area contributed by atoms with Gasteiger partial charge in [-0.3, -0.25) is 4.55 Å². The number of carbonyl (C=O) groups is 2. The number of carboxylic acid groups (broad SMARTS) is 2. The predicted molar refractivity (Wildman–Crippen MR) is 58.2 cm³/mol. The third-order valence-corrected chi connectivity index (χ3v) is 2.69. The van der Waals surface area contributed by atoms with E-state index in [1.807, 2.05) is 0 Å². The van der Waals surface area contributed by atoms with E-state index in [2.05, 4.69) is 0 Å². The molecule has 90 valence electrons. The molecule has 0 saturated heterocycles. The molecule has 1 rings (SSSR count). The fraction of sp³-hybridized carbons (Fsp3) is 0. The Morgan fingerprint density at radius 2 is 1.41 bits per heavy atom. The molecule has 0 aliphatic carbocycles. The van der Waals surface area contributed by atoms with Crippen molar-refractivity contribution in [1.82, 2.24) is 0 Å². The van der Waals surface area contributed by atoms with Crippen LogP contribution in [0.25, 0.3) is 0 Å². The van der Waals surface area contributed by atoms with Crippen LogP contribution in [-0.2, 0) is 10.1 Å². The largest absolute Gasteiger partial charge is 2.00 e. The molecule has 0 radical (unpaired) electrons. The summed E-state index contributed by atoms with van der Waals surface area (Å²) in [5, 5.41) is 17.3. The number of hydrogen-bond donors (Lipinski definition) is 3. The molecule has 0 spiro atoms. The van der Waals surface area contributed by atoms with Crippen LogP contribution in [-0.4, -0.2) is 72.9 Å². The second-order valence-corrected chi connectivity index (χ2v) is 4.13. The van der Waals surface area contributed by atoms with Crippen LogP contribution in [0, 0.1) is 0 Å². The molecule has 0 aliphatic heterocycles. The van der Waals surface area contributed by atoms with Crippen molar-refractivity contribution in [3.63, 3.8) is 0 Å². The molecule has 7 nitrogen and oxygen atoms in total. The van der Waals surface area contributed by atoms with Crippen molar-refractivity contribution in [2.24, 2.45) is 0 Å². The van der Waals surface area contributed by atoms with Crippen molar-refractivity contribution in [2.45, 2.75) is 4.90 Å². The molecule has 17 heavy (non-hydrogen) atoms. The maximum absolute atomic E-state index is 10.9. The summed E-state index contributed by atoms with van der Waals surface area (Å²) in [6, 6.07) is 2.84. The molecule has 0 heterocycles. The van der Waals surface area contributed by atoms with Gasteiger partial charge in [0.25, 0.3) is 10.1 Å². The predicted octanol–water partition coefficient (Wildman–Crippen LogP) is 0.174. The average Bonchev–Trinajstić information content (AvgIpc) is 2.15. The number of rotatable bonds is 3. The first-order valence-corrected chi connectivity index (χ1v) is 5.26. The fourth-order valence-electron chi connectivity index (χ4n) is 1.15. The molecule has 1 aromatic carbocycles. The number of carboxylic acids is 2. The molecule has 0 aromatic heterocycles. The van der Waals surface area contributed by atoms with Crippen LogP contribution in [0.1, 0.15) is 23.6 Å². The van der Waals surface area contributed by atoms with Crippen molar-refractivity contribution in [2.75, 3.05) is 0 Å². The van der Waals surface area contributed by atoms with Crippen molar-refractivity contribution in [3.8, 4) is 0 Å². The summed E-state index contributed by atoms with van der Waals surface area (Å²) in [7, 11) is -4.92. The molecule has 1 aromatic rings. The van der Waals surface area contributed by atoms with Gasteiger partial charge in [-0.05, 0) is 12.1 Å². The number of aromatic carboxylic acids is 2. The molecule has 3 N–H and O–H groups in total. The van der Waals surface area contributed by atoms with E-state index in [0.29, 0.717) is 0 Å². The van der Waals surface area contributed by atoms with E-state index in [1.165, 1.54) is 0 Å². The summed E-state index contributed by atoms with van der Waals surface area (Å²) >= 11 is 0. The van der Waals surface area contributed by atoms with Crippen LogP contribution in [0.3, 0.4) is 0 Å². The molecule has 0 bridgehead atoms. The Morgan fingerprint density at radius 1 is 1.06 bits per heavy atom. The van der Waals surface area contributed by atoms with Gasteiger partial charge >= 0.3 is 49.7 Å². The topological polar surface area (TPSA) is 129 Å².